The first-order valence-electron chi connectivity index (χ1n) is 11.2. The molecule has 2 aromatic rings. The quantitative estimate of drug-likeness (QED) is 0.640. The van der Waals surface area contributed by atoms with Gasteiger partial charge in [-0.3, -0.25) is 4.79 Å². The lowest BCUT2D eigenvalue weighted by Gasteiger charge is -2.29. The topological polar surface area (TPSA) is 112 Å². The van der Waals surface area contributed by atoms with Gasteiger partial charge < -0.3 is 15.4 Å². The lowest BCUT2D eigenvalue weighted by Crippen LogP contribution is -2.46. The number of sulfonamides is 1. The fourth-order valence-electron chi connectivity index (χ4n) is 3.84. The molecular weight excluding hydrogens is 440 g/mol. The molecule has 0 spiro atoms. The maximum Gasteiger partial charge on any atom is 0.251 e. The number of nitrogens with one attached hydrogen (secondary N) is 2. The average Bonchev–Trinajstić information content (AvgIpc) is 3.07. The van der Waals surface area contributed by atoms with Gasteiger partial charge in [-0.25, -0.2) is 8.42 Å². The number of benzene rings is 2. The normalized spacial score (nSPS) is 20.2. The second-order valence-corrected chi connectivity index (χ2v) is 10.2. The SMILES string of the molecule is N#C[C@H](Cc1ccc(-c2ccc(S(=O)(=O)N3CCC3)cc2)cc1)NC(=O)C1CNCCCO1. The van der Waals surface area contributed by atoms with Crippen molar-refractivity contribution < 1.29 is 17.9 Å². The largest absolute Gasteiger partial charge is 0.367 e. The number of amides is 1. The molecule has 174 valence electrons. The Hall–Kier alpha value is -2.77. The van der Waals surface area contributed by atoms with Gasteiger partial charge in [0.15, 0.2) is 0 Å². The molecule has 2 aromatic carbocycles. The number of hydrogen-bond acceptors (Lipinski definition) is 6. The maximum atomic E-state index is 12.5. The van der Waals surface area contributed by atoms with Gasteiger partial charge in [0.25, 0.3) is 5.91 Å². The van der Waals surface area contributed by atoms with E-state index in [0.29, 0.717) is 37.6 Å². The van der Waals surface area contributed by atoms with Crippen LogP contribution in [0.5, 0.6) is 0 Å². The molecule has 0 aromatic heterocycles. The van der Waals surface area contributed by atoms with Crippen LogP contribution >= 0.6 is 0 Å². The van der Waals surface area contributed by atoms with Crippen molar-refractivity contribution in [2.75, 3.05) is 32.8 Å². The Kier molecular flexibility index (Phi) is 7.40. The minimum atomic E-state index is -3.39. The van der Waals surface area contributed by atoms with Gasteiger partial charge in [-0.05, 0) is 48.2 Å². The summed E-state index contributed by atoms with van der Waals surface area (Å²) in [6, 6.07) is 16.1. The Bertz CT molecular complexity index is 1100. The fourth-order valence-corrected chi connectivity index (χ4v) is 5.36. The van der Waals surface area contributed by atoms with Gasteiger partial charge >= 0.3 is 0 Å². The van der Waals surface area contributed by atoms with E-state index in [9.17, 15) is 18.5 Å². The van der Waals surface area contributed by atoms with Crippen molar-refractivity contribution in [2.24, 2.45) is 0 Å². The Balaban J connectivity index is 1.37. The van der Waals surface area contributed by atoms with Crippen LogP contribution in [0.15, 0.2) is 53.4 Å². The van der Waals surface area contributed by atoms with Crippen molar-refractivity contribution in [3.05, 3.63) is 54.1 Å². The van der Waals surface area contributed by atoms with Gasteiger partial charge in [-0.2, -0.15) is 9.57 Å². The van der Waals surface area contributed by atoms with Crippen molar-refractivity contribution >= 4 is 15.9 Å². The van der Waals surface area contributed by atoms with Crippen molar-refractivity contribution in [2.45, 2.75) is 36.3 Å². The van der Waals surface area contributed by atoms with E-state index in [0.717, 1.165) is 36.1 Å². The predicted molar refractivity (Wildman–Crippen MR) is 124 cm³/mol. The molecule has 2 heterocycles. The van der Waals surface area contributed by atoms with Crippen molar-refractivity contribution in [3.8, 4) is 17.2 Å². The Morgan fingerprint density at radius 2 is 1.79 bits per heavy atom. The van der Waals surface area contributed by atoms with E-state index in [-0.39, 0.29) is 5.91 Å². The fraction of sp³-hybridized carbons (Fsp3) is 0.417. The highest BCUT2D eigenvalue weighted by Gasteiger charge is 2.29. The van der Waals surface area contributed by atoms with Crippen LogP contribution in [-0.4, -0.2) is 63.6 Å². The summed E-state index contributed by atoms with van der Waals surface area (Å²) >= 11 is 0. The highest BCUT2D eigenvalue weighted by Crippen LogP contribution is 2.25. The Labute approximate surface area is 194 Å². The number of nitrogens with zero attached hydrogens (tertiary/aromatic N) is 2. The molecule has 8 nitrogen and oxygen atoms in total. The lowest BCUT2D eigenvalue weighted by molar-refractivity contribution is -0.132. The first-order valence-corrected chi connectivity index (χ1v) is 12.6. The first kappa shape index (κ1) is 23.4. The molecule has 2 atom stereocenters. The molecule has 0 aliphatic carbocycles. The number of carbonyl (C=O) groups excluding carboxylic acids is 1. The van der Waals surface area contributed by atoms with Crippen molar-refractivity contribution in [1.29, 1.82) is 5.26 Å². The molecule has 2 aliphatic rings. The van der Waals surface area contributed by atoms with Crippen molar-refractivity contribution in [1.82, 2.24) is 14.9 Å². The van der Waals surface area contributed by atoms with Crippen LogP contribution in [-0.2, 0) is 26.0 Å². The van der Waals surface area contributed by atoms with Gasteiger partial charge in [-0.15, -0.1) is 0 Å². The highest BCUT2D eigenvalue weighted by molar-refractivity contribution is 7.89. The number of ether oxygens (including phenoxy) is 1. The zero-order chi connectivity index (χ0) is 23.3. The molecule has 4 rings (SSSR count). The zero-order valence-corrected chi connectivity index (χ0v) is 19.2. The molecule has 33 heavy (non-hydrogen) atoms. The molecular formula is C24H28N4O4S. The summed E-state index contributed by atoms with van der Waals surface area (Å²) in [4.78, 5) is 12.7. The Morgan fingerprint density at radius 1 is 1.12 bits per heavy atom. The minimum absolute atomic E-state index is 0.277. The second kappa shape index (κ2) is 10.4. The predicted octanol–water partition coefficient (Wildman–Crippen LogP) is 1.68. The van der Waals surface area contributed by atoms with Crippen molar-refractivity contribution in [3.63, 3.8) is 0 Å². The molecule has 1 unspecified atom stereocenters. The van der Waals surface area contributed by atoms with Crippen LogP contribution in [0.2, 0.25) is 0 Å². The smallest absolute Gasteiger partial charge is 0.251 e. The molecule has 0 saturated carbocycles. The standard InChI is InChI=1S/C24H28N4O4S/c25-16-21(27-24(29)23-17-26-11-1-14-32-23)15-18-3-5-19(6-4-18)20-7-9-22(10-8-20)33(30,31)28-12-2-13-28/h3-10,21,23,26H,1-2,11-15,17H2,(H,27,29)/t21-,23?/m0/s1. The van der Waals surface area contributed by atoms with Crippen LogP contribution in [0, 0.1) is 11.3 Å². The lowest BCUT2D eigenvalue weighted by atomic mass is 10.0. The minimum Gasteiger partial charge on any atom is -0.367 e. The number of carbonyl (C=O) groups is 1. The van der Waals surface area contributed by atoms with E-state index in [1.807, 2.05) is 24.3 Å². The van der Waals surface area contributed by atoms with E-state index in [1.54, 1.807) is 24.3 Å². The van der Waals surface area contributed by atoms with Crippen LogP contribution in [0.3, 0.4) is 0 Å². The van der Waals surface area contributed by atoms with Crippen LogP contribution < -0.4 is 10.6 Å². The van der Waals surface area contributed by atoms with Gasteiger partial charge in [-0.1, -0.05) is 36.4 Å². The van der Waals surface area contributed by atoms with Crippen LogP contribution in [0.4, 0.5) is 0 Å². The second-order valence-electron chi connectivity index (χ2n) is 8.29. The zero-order valence-electron chi connectivity index (χ0n) is 18.4. The Morgan fingerprint density at radius 3 is 2.39 bits per heavy atom. The number of rotatable bonds is 7. The summed E-state index contributed by atoms with van der Waals surface area (Å²) in [5, 5.41) is 15.4. The molecule has 0 radical (unpaired) electrons. The molecule has 1 amide bonds. The first-order chi connectivity index (χ1) is 16.0. The summed E-state index contributed by atoms with van der Waals surface area (Å²) in [7, 11) is -3.39. The summed E-state index contributed by atoms with van der Waals surface area (Å²) in [5.74, 6) is -0.277. The van der Waals surface area contributed by atoms with Gasteiger partial charge in [0.1, 0.15) is 12.1 Å². The maximum absolute atomic E-state index is 12.5. The summed E-state index contributed by atoms with van der Waals surface area (Å²) < 4.78 is 32.0. The molecule has 9 heteroatoms. The third-order valence-electron chi connectivity index (χ3n) is 5.95. The van der Waals surface area contributed by atoms with E-state index < -0.39 is 22.2 Å². The highest BCUT2D eigenvalue weighted by atomic mass is 32.2. The van der Waals surface area contributed by atoms with E-state index in [4.69, 9.17) is 4.74 Å². The van der Waals surface area contributed by atoms with Gasteiger partial charge in [0.2, 0.25) is 10.0 Å². The summed E-state index contributed by atoms with van der Waals surface area (Å²) in [6.45, 7) is 2.95. The average molecular weight is 469 g/mol. The number of hydrogen-bond donors (Lipinski definition) is 2. The van der Waals surface area contributed by atoms with Gasteiger partial charge in [0, 0.05) is 32.7 Å². The van der Waals surface area contributed by atoms with Gasteiger partial charge in [0.05, 0.1) is 11.0 Å². The molecule has 2 N–H and O–H groups in total. The molecule has 2 saturated heterocycles. The van der Waals surface area contributed by atoms with E-state index in [2.05, 4.69) is 16.7 Å². The third-order valence-corrected chi connectivity index (χ3v) is 7.86. The van der Waals surface area contributed by atoms with Crippen LogP contribution in [0.25, 0.3) is 11.1 Å². The molecule has 2 fully saturated rings. The van der Waals surface area contributed by atoms with E-state index >= 15 is 0 Å². The monoisotopic (exact) mass is 468 g/mol. The van der Waals surface area contributed by atoms with E-state index in [1.165, 1.54) is 4.31 Å². The third kappa shape index (κ3) is 5.60. The number of nitriles is 1. The molecule has 2 aliphatic heterocycles. The molecule has 0 bridgehead atoms. The van der Waals surface area contributed by atoms with Crippen LogP contribution in [0.1, 0.15) is 18.4 Å². The summed E-state index contributed by atoms with van der Waals surface area (Å²) in [5.41, 5.74) is 2.77. The summed E-state index contributed by atoms with van der Waals surface area (Å²) in [6.07, 6.45) is 1.56.